The van der Waals surface area contributed by atoms with Crippen molar-refractivity contribution in [3.05, 3.63) is 45.7 Å². The Hall–Kier alpha value is -2.63. The predicted octanol–water partition coefficient (Wildman–Crippen LogP) is 1.62. The van der Waals surface area contributed by atoms with Crippen LogP contribution in [0.3, 0.4) is 0 Å². The summed E-state index contributed by atoms with van der Waals surface area (Å²) in [5, 5.41) is 13.0. The van der Waals surface area contributed by atoms with Gasteiger partial charge in [-0.3, -0.25) is 9.59 Å². The van der Waals surface area contributed by atoms with Crippen molar-refractivity contribution < 1.29 is 14.6 Å². The Kier molecular flexibility index (Phi) is 4.07. The first-order valence-electron chi connectivity index (χ1n) is 6.38. The molecule has 110 valence electrons. The van der Waals surface area contributed by atoms with Gasteiger partial charge >= 0.3 is 5.97 Å². The van der Waals surface area contributed by atoms with Gasteiger partial charge in [-0.1, -0.05) is 17.7 Å². The number of benzene rings is 1. The Balaban J connectivity index is 2.68. The first-order chi connectivity index (χ1) is 9.92. The molecule has 2 rings (SSSR count). The van der Waals surface area contributed by atoms with Crippen LogP contribution in [0.25, 0.3) is 11.3 Å². The topological polar surface area (TPSA) is 81.4 Å². The number of carbonyl (C=O) groups is 1. The summed E-state index contributed by atoms with van der Waals surface area (Å²) in [5.74, 6) is -0.794. The monoisotopic (exact) mass is 288 g/mol. The third kappa shape index (κ3) is 3.10. The van der Waals surface area contributed by atoms with E-state index in [1.54, 1.807) is 0 Å². The molecule has 2 aromatic rings. The smallest absolute Gasteiger partial charge is 0.325 e. The highest BCUT2D eigenvalue weighted by atomic mass is 16.5. The number of nitrogens with zero attached hydrogens (tertiary/aromatic N) is 2. The highest BCUT2D eigenvalue weighted by Gasteiger charge is 2.15. The molecule has 1 N–H and O–H groups in total. The average Bonchev–Trinajstić information content (AvgIpc) is 2.43. The minimum atomic E-state index is -1.12. The maximum Gasteiger partial charge on any atom is 0.325 e. The van der Waals surface area contributed by atoms with E-state index in [0.717, 1.165) is 21.4 Å². The molecule has 6 heteroatoms. The number of carboxylic acid groups (broad SMARTS) is 1. The van der Waals surface area contributed by atoms with Crippen molar-refractivity contribution >= 4 is 5.97 Å². The third-order valence-corrected chi connectivity index (χ3v) is 3.12. The summed E-state index contributed by atoms with van der Waals surface area (Å²) in [6.45, 7) is 3.38. The van der Waals surface area contributed by atoms with Crippen molar-refractivity contribution in [2.75, 3.05) is 7.11 Å². The first-order valence-corrected chi connectivity index (χ1v) is 6.38. The van der Waals surface area contributed by atoms with Crippen molar-refractivity contribution in [3.8, 4) is 17.0 Å². The summed E-state index contributed by atoms with van der Waals surface area (Å²) in [7, 11) is 1.45. The lowest BCUT2D eigenvalue weighted by Crippen LogP contribution is -2.26. The van der Waals surface area contributed by atoms with Crippen LogP contribution in [0, 0.1) is 13.8 Å². The third-order valence-electron chi connectivity index (χ3n) is 3.12. The second-order valence-corrected chi connectivity index (χ2v) is 4.77. The number of hydrogen-bond acceptors (Lipinski definition) is 4. The molecule has 0 unspecified atom stereocenters. The average molecular weight is 288 g/mol. The fourth-order valence-corrected chi connectivity index (χ4v) is 2.05. The second-order valence-electron chi connectivity index (χ2n) is 4.77. The summed E-state index contributed by atoms with van der Waals surface area (Å²) >= 11 is 0. The number of aromatic nitrogens is 2. The van der Waals surface area contributed by atoms with Crippen LogP contribution in [-0.2, 0) is 11.3 Å². The first kappa shape index (κ1) is 14.8. The summed E-state index contributed by atoms with van der Waals surface area (Å²) in [4.78, 5) is 22.6. The molecule has 0 bridgehead atoms. The zero-order chi connectivity index (χ0) is 15.6. The Bertz CT molecular complexity index is 750. The van der Waals surface area contributed by atoms with Crippen molar-refractivity contribution in [2.45, 2.75) is 20.4 Å². The molecule has 21 heavy (non-hydrogen) atoms. The molecule has 0 spiro atoms. The van der Waals surface area contributed by atoms with Crippen LogP contribution in [0.4, 0.5) is 0 Å². The van der Waals surface area contributed by atoms with Crippen LogP contribution in [0.5, 0.6) is 5.75 Å². The molecule has 0 atom stereocenters. The number of methoxy groups -OCH3 is 1. The van der Waals surface area contributed by atoms with Crippen LogP contribution in [0.2, 0.25) is 0 Å². The molecule has 0 radical (unpaired) electrons. The molecule has 1 aromatic carbocycles. The molecule has 1 aromatic heterocycles. The van der Waals surface area contributed by atoms with Gasteiger partial charge in [0, 0.05) is 11.6 Å². The highest BCUT2D eigenvalue weighted by molar-refractivity contribution is 5.70. The fraction of sp³-hybridized carbons (Fsp3) is 0.267. The van der Waals surface area contributed by atoms with E-state index < -0.39 is 18.1 Å². The zero-order valence-electron chi connectivity index (χ0n) is 12.1. The van der Waals surface area contributed by atoms with Gasteiger partial charge in [-0.25, -0.2) is 4.68 Å². The summed E-state index contributed by atoms with van der Waals surface area (Å²) in [5.41, 5.74) is 2.76. The van der Waals surface area contributed by atoms with E-state index in [9.17, 15) is 9.59 Å². The summed E-state index contributed by atoms with van der Waals surface area (Å²) in [6, 6.07) is 7.10. The van der Waals surface area contributed by atoms with Crippen LogP contribution in [0.1, 0.15) is 11.1 Å². The van der Waals surface area contributed by atoms with Crippen molar-refractivity contribution in [2.24, 2.45) is 0 Å². The van der Waals surface area contributed by atoms with Gasteiger partial charge in [0.25, 0.3) is 5.56 Å². The minimum Gasteiger partial charge on any atom is -0.494 e. The minimum absolute atomic E-state index is 0.329. The van der Waals surface area contributed by atoms with Gasteiger partial charge in [-0.05, 0) is 25.5 Å². The molecule has 0 saturated carbocycles. The summed E-state index contributed by atoms with van der Waals surface area (Å²) < 4.78 is 6.13. The lowest BCUT2D eigenvalue weighted by molar-refractivity contribution is -0.138. The van der Waals surface area contributed by atoms with E-state index in [0.29, 0.717) is 11.4 Å². The Morgan fingerprint density at radius 1 is 1.33 bits per heavy atom. The molecule has 0 aliphatic rings. The van der Waals surface area contributed by atoms with Gasteiger partial charge in [0.2, 0.25) is 0 Å². The maximum absolute atomic E-state index is 11.8. The maximum atomic E-state index is 11.8. The largest absolute Gasteiger partial charge is 0.494 e. The number of rotatable bonds is 4. The SMILES string of the molecule is COc1cc(=O)n(CC(=O)O)nc1-c1cc(C)ccc1C. The van der Waals surface area contributed by atoms with E-state index in [2.05, 4.69) is 5.10 Å². The molecular weight excluding hydrogens is 272 g/mol. The highest BCUT2D eigenvalue weighted by Crippen LogP contribution is 2.29. The van der Waals surface area contributed by atoms with Gasteiger partial charge in [-0.15, -0.1) is 0 Å². The lowest BCUT2D eigenvalue weighted by atomic mass is 10.0. The van der Waals surface area contributed by atoms with Gasteiger partial charge in [0.15, 0.2) is 5.75 Å². The zero-order valence-corrected chi connectivity index (χ0v) is 12.1. The van der Waals surface area contributed by atoms with Crippen molar-refractivity contribution in [1.29, 1.82) is 0 Å². The number of aryl methyl sites for hydroxylation is 2. The fourth-order valence-electron chi connectivity index (χ4n) is 2.05. The Labute approximate surface area is 121 Å². The molecule has 1 heterocycles. The number of carboxylic acids is 1. The molecular formula is C15H16N2O4. The molecule has 0 amide bonds. The van der Waals surface area contributed by atoms with Crippen LogP contribution in [-0.4, -0.2) is 28.0 Å². The normalized spacial score (nSPS) is 10.4. The van der Waals surface area contributed by atoms with E-state index in [1.807, 2.05) is 32.0 Å². The standard InChI is InChI=1S/C15H16N2O4/c1-9-4-5-10(2)11(6-9)15-12(21-3)7-13(18)17(16-15)8-14(19)20/h4-7H,8H2,1-3H3,(H,19,20). The van der Waals surface area contributed by atoms with Crippen LogP contribution < -0.4 is 10.3 Å². The van der Waals surface area contributed by atoms with Gasteiger partial charge in [-0.2, -0.15) is 5.10 Å². The lowest BCUT2D eigenvalue weighted by Gasteiger charge is -2.12. The predicted molar refractivity (Wildman–Crippen MR) is 77.6 cm³/mol. The van der Waals surface area contributed by atoms with E-state index >= 15 is 0 Å². The van der Waals surface area contributed by atoms with E-state index in [1.165, 1.54) is 13.2 Å². The molecule has 0 aliphatic heterocycles. The second kappa shape index (κ2) is 5.78. The van der Waals surface area contributed by atoms with Crippen molar-refractivity contribution in [3.63, 3.8) is 0 Å². The van der Waals surface area contributed by atoms with E-state index in [4.69, 9.17) is 9.84 Å². The van der Waals surface area contributed by atoms with Crippen molar-refractivity contribution in [1.82, 2.24) is 9.78 Å². The van der Waals surface area contributed by atoms with Crippen LogP contribution >= 0.6 is 0 Å². The van der Waals surface area contributed by atoms with E-state index in [-0.39, 0.29) is 0 Å². The number of aliphatic carboxylic acids is 1. The molecule has 6 nitrogen and oxygen atoms in total. The van der Waals surface area contributed by atoms with Crippen LogP contribution in [0.15, 0.2) is 29.1 Å². The number of ether oxygens (including phenoxy) is 1. The van der Waals surface area contributed by atoms with Gasteiger partial charge in [0.05, 0.1) is 7.11 Å². The van der Waals surface area contributed by atoms with Gasteiger partial charge < -0.3 is 9.84 Å². The quantitative estimate of drug-likeness (QED) is 0.924. The molecule has 0 aliphatic carbocycles. The Morgan fingerprint density at radius 2 is 2.05 bits per heavy atom. The Morgan fingerprint density at radius 3 is 2.67 bits per heavy atom. The molecule has 0 fully saturated rings. The summed E-state index contributed by atoms with van der Waals surface area (Å²) in [6.07, 6.45) is 0. The number of hydrogen-bond donors (Lipinski definition) is 1. The molecule has 0 saturated heterocycles. The van der Waals surface area contributed by atoms with Gasteiger partial charge in [0.1, 0.15) is 12.2 Å².